The average molecular weight is 373 g/mol. The van der Waals surface area contributed by atoms with Gasteiger partial charge in [0.25, 0.3) is 11.8 Å². The van der Waals surface area contributed by atoms with Crippen LogP contribution in [-0.2, 0) is 13.6 Å². The number of nitrogens with one attached hydrogen (secondary N) is 2. The van der Waals surface area contributed by atoms with Gasteiger partial charge in [0.15, 0.2) is 0 Å². The van der Waals surface area contributed by atoms with E-state index in [1.165, 1.54) is 10.9 Å². The van der Waals surface area contributed by atoms with Gasteiger partial charge in [0.2, 0.25) is 0 Å². The molecule has 0 bridgehead atoms. The predicted molar refractivity (Wildman–Crippen MR) is 98.5 cm³/mol. The molecule has 134 valence electrons. The Morgan fingerprint density at radius 3 is 2.42 bits per heavy atom. The molecular weight excluding hydrogens is 356 g/mol. The van der Waals surface area contributed by atoms with Crippen LogP contribution in [0.15, 0.2) is 42.7 Å². The fourth-order valence-electron chi connectivity index (χ4n) is 2.50. The smallest absolute Gasteiger partial charge is 0.275 e. The number of hydrogen-bond donors (Lipinski definition) is 2. The molecule has 1 aromatic carbocycles. The SMILES string of the molecule is CCn1nccc1C(=O)Nc1cccc(NC(=O)c2c(Cl)cnn2C)c1. The van der Waals surface area contributed by atoms with Crippen molar-refractivity contribution in [3.63, 3.8) is 0 Å². The first-order valence-electron chi connectivity index (χ1n) is 7.91. The quantitative estimate of drug-likeness (QED) is 0.720. The Hall–Kier alpha value is -3.13. The van der Waals surface area contributed by atoms with Crippen molar-refractivity contribution in [1.82, 2.24) is 19.6 Å². The van der Waals surface area contributed by atoms with Crippen LogP contribution in [0.3, 0.4) is 0 Å². The third-order valence-corrected chi connectivity index (χ3v) is 4.01. The Morgan fingerprint density at radius 1 is 1.12 bits per heavy atom. The van der Waals surface area contributed by atoms with E-state index in [-0.39, 0.29) is 22.5 Å². The van der Waals surface area contributed by atoms with Crippen molar-refractivity contribution >= 4 is 34.8 Å². The van der Waals surface area contributed by atoms with Gasteiger partial charge >= 0.3 is 0 Å². The number of hydrogen-bond acceptors (Lipinski definition) is 4. The van der Waals surface area contributed by atoms with Crippen molar-refractivity contribution in [2.24, 2.45) is 7.05 Å². The molecule has 26 heavy (non-hydrogen) atoms. The van der Waals surface area contributed by atoms with Gasteiger partial charge in [-0.25, -0.2) is 0 Å². The number of halogens is 1. The lowest BCUT2D eigenvalue weighted by molar-refractivity contribution is 0.101. The number of rotatable bonds is 5. The van der Waals surface area contributed by atoms with Gasteiger partial charge in [-0.1, -0.05) is 17.7 Å². The molecule has 0 spiro atoms. The first-order chi connectivity index (χ1) is 12.5. The lowest BCUT2D eigenvalue weighted by Crippen LogP contribution is -2.18. The van der Waals surface area contributed by atoms with Crippen LogP contribution < -0.4 is 10.6 Å². The Bertz CT molecular complexity index is 942. The lowest BCUT2D eigenvalue weighted by atomic mass is 10.2. The van der Waals surface area contributed by atoms with E-state index in [0.717, 1.165) is 0 Å². The van der Waals surface area contributed by atoms with Crippen molar-refractivity contribution in [2.45, 2.75) is 13.5 Å². The Labute approximate surface area is 154 Å². The molecule has 0 aliphatic rings. The van der Waals surface area contributed by atoms with E-state index >= 15 is 0 Å². The van der Waals surface area contributed by atoms with E-state index in [1.807, 2.05) is 6.92 Å². The highest BCUT2D eigenvalue weighted by Crippen LogP contribution is 2.19. The van der Waals surface area contributed by atoms with E-state index < -0.39 is 0 Å². The molecule has 0 aliphatic heterocycles. The molecule has 2 amide bonds. The minimum Gasteiger partial charge on any atom is -0.321 e. The van der Waals surface area contributed by atoms with Crippen molar-refractivity contribution in [3.05, 3.63) is 59.1 Å². The molecule has 0 unspecified atom stereocenters. The molecular formula is C17H17ClN6O2. The molecule has 0 aliphatic carbocycles. The van der Waals surface area contributed by atoms with Gasteiger partial charge in [-0.05, 0) is 31.2 Å². The number of carbonyl (C=O) groups excluding carboxylic acids is 2. The van der Waals surface area contributed by atoms with E-state index in [9.17, 15) is 9.59 Å². The van der Waals surface area contributed by atoms with Crippen molar-refractivity contribution in [3.8, 4) is 0 Å². The first kappa shape index (κ1) is 17.7. The highest BCUT2D eigenvalue weighted by Gasteiger charge is 2.16. The molecule has 2 N–H and O–H groups in total. The summed E-state index contributed by atoms with van der Waals surface area (Å²) in [5.74, 6) is -0.662. The average Bonchev–Trinajstić information content (AvgIpc) is 3.21. The third-order valence-electron chi connectivity index (χ3n) is 3.74. The van der Waals surface area contributed by atoms with Crippen LogP contribution in [0.5, 0.6) is 0 Å². The van der Waals surface area contributed by atoms with Gasteiger partial charge in [-0.15, -0.1) is 0 Å². The Morgan fingerprint density at radius 2 is 1.81 bits per heavy atom. The normalized spacial score (nSPS) is 10.6. The van der Waals surface area contributed by atoms with Crippen LogP contribution in [0, 0.1) is 0 Å². The minimum absolute atomic E-state index is 0.257. The fourth-order valence-corrected chi connectivity index (χ4v) is 2.76. The van der Waals surface area contributed by atoms with Crippen LogP contribution >= 0.6 is 11.6 Å². The molecule has 2 heterocycles. The predicted octanol–water partition coefficient (Wildman–Crippen LogP) is 2.79. The number of nitrogens with zero attached hydrogens (tertiary/aromatic N) is 4. The van der Waals surface area contributed by atoms with Gasteiger partial charge in [0.1, 0.15) is 11.4 Å². The second kappa shape index (κ2) is 7.40. The third kappa shape index (κ3) is 3.60. The van der Waals surface area contributed by atoms with Crippen LogP contribution in [0.2, 0.25) is 5.02 Å². The summed E-state index contributed by atoms with van der Waals surface area (Å²) < 4.78 is 3.00. The van der Waals surface area contributed by atoms with Gasteiger partial charge in [-0.2, -0.15) is 10.2 Å². The molecule has 3 aromatic rings. The summed E-state index contributed by atoms with van der Waals surface area (Å²) in [5, 5.41) is 13.8. The van der Waals surface area contributed by atoms with Crippen LogP contribution in [0.25, 0.3) is 0 Å². The van der Waals surface area contributed by atoms with E-state index in [2.05, 4.69) is 20.8 Å². The lowest BCUT2D eigenvalue weighted by Gasteiger charge is -2.10. The highest BCUT2D eigenvalue weighted by molar-refractivity contribution is 6.34. The van der Waals surface area contributed by atoms with Crippen LogP contribution in [0.1, 0.15) is 27.9 Å². The summed E-state index contributed by atoms with van der Waals surface area (Å²) in [6.07, 6.45) is 2.98. The number of benzene rings is 1. The van der Waals surface area contributed by atoms with Gasteiger partial charge in [-0.3, -0.25) is 19.0 Å². The Kier molecular flexibility index (Phi) is 5.04. The maximum absolute atomic E-state index is 12.4. The van der Waals surface area contributed by atoms with Crippen molar-refractivity contribution in [1.29, 1.82) is 0 Å². The van der Waals surface area contributed by atoms with Crippen molar-refractivity contribution in [2.75, 3.05) is 10.6 Å². The second-order valence-corrected chi connectivity index (χ2v) is 5.89. The first-order valence-corrected chi connectivity index (χ1v) is 8.29. The second-order valence-electron chi connectivity index (χ2n) is 5.49. The maximum Gasteiger partial charge on any atom is 0.275 e. The standard InChI is InChI=1S/C17H17ClN6O2/c1-3-24-14(7-8-19-24)16(25)21-11-5-4-6-12(9-11)22-17(26)15-13(18)10-20-23(15)2/h4-10H,3H2,1-2H3,(H,21,25)(H,22,26). The van der Waals surface area contributed by atoms with E-state index in [0.29, 0.717) is 23.6 Å². The summed E-state index contributed by atoms with van der Waals surface area (Å²) in [7, 11) is 1.63. The zero-order chi connectivity index (χ0) is 18.7. The molecule has 0 atom stereocenters. The monoisotopic (exact) mass is 372 g/mol. The zero-order valence-electron chi connectivity index (χ0n) is 14.2. The van der Waals surface area contributed by atoms with Crippen LogP contribution in [0.4, 0.5) is 11.4 Å². The van der Waals surface area contributed by atoms with E-state index in [4.69, 9.17) is 11.6 Å². The highest BCUT2D eigenvalue weighted by atomic mass is 35.5. The van der Waals surface area contributed by atoms with E-state index in [1.54, 1.807) is 48.3 Å². The summed E-state index contributed by atoms with van der Waals surface area (Å²) in [4.78, 5) is 24.7. The number of amides is 2. The molecule has 0 radical (unpaired) electrons. The maximum atomic E-state index is 12.4. The summed E-state index contributed by atoms with van der Waals surface area (Å²) in [5.41, 5.74) is 1.79. The molecule has 2 aromatic heterocycles. The Balaban J connectivity index is 1.74. The molecule has 0 saturated carbocycles. The molecule has 8 nitrogen and oxygen atoms in total. The largest absolute Gasteiger partial charge is 0.321 e. The van der Waals surface area contributed by atoms with Crippen LogP contribution in [-0.4, -0.2) is 31.4 Å². The molecule has 9 heteroatoms. The zero-order valence-corrected chi connectivity index (χ0v) is 15.0. The number of aromatic nitrogens is 4. The fraction of sp³-hybridized carbons (Fsp3) is 0.176. The summed E-state index contributed by atoms with van der Waals surface area (Å²) in [6.45, 7) is 2.50. The summed E-state index contributed by atoms with van der Waals surface area (Å²) in [6, 6.07) is 8.49. The number of carbonyl (C=O) groups is 2. The topological polar surface area (TPSA) is 93.8 Å². The molecule has 0 saturated heterocycles. The molecule has 0 fully saturated rings. The minimum atomic E-state index is -0.387. The van der Waals surface area contributed by atoms with Gasteiger partial charge in [0, 0.05) is 31.2 Å². The summed E-state index contributed by atoms with van der Waals surface area (Å²) >= 11 is 5.98. The van der Waals surface area contributed by atoms with Gasteiger partial charge in [0.05, 0.1) is 11.2 Å². The molecule has 3 rings (SSSR count). The number of anilines is 2. The van der Waals surface area contributed by atoms with Crippen molar-refractivity contribution < 1.29 is 9.59 Å². The number of aryl methyl sites for hydroxylation is 2. The van der Waals surface area contributed by atoms with Gasteiger partial charge < -0.3 is 10.6 Å².